The number of imidazole rings is 1. The van der Waals surface area contributed by atoms with Crippen molar-refractivity contribution in [1.29, 1.82) is 0 Å². The van der Waals surface area contributed by atoms with E-state index in [0.29, 0.717) is 5.92 Å². The van der Waals surface area contributed by atoms with Gasteiger partial charge in [-0.2, -0.15) is 0 Å². The van der Waals surface area contributed by atoms with Crippen molar-refractivity contribution in [2.24, 2.45) is 5.92 Å². The standard InChI is InChI=1S/C10H10N2O2/c13-10(12-6-5-11-8-12)14-7-1-2-9-3-4-9/h5-6,8-9H,3-4,7H2. The van der Waals surface area contributed by atoms with Crippen LogP contribution in [-0.4, -0.2) is 22.3 Å². The molecule has 0 aromatic carbocycles. The number of ether oxygens (including phenoxy) is 1. The second kappa shape index (κ2) is 3.97. The molecule has 0 saturated heterocycles. The van der Waals surface area contributed by atoms with Crippen molar-refractivity contribution in [3.8, 4) is 11.8 Å². The lowest BCUT2D eigenvalue weighted by atomic mass is 10.4. The Kier molecular flexibility index (Phi) is 2.50. The molecule has 0 radical (unpaired) electrons. The van der Waals surface area contributed by atoms with Crippen LogP contribution in [0.1, 0.15) is 12.8 Å². The first-order chi connectivity index (χ1) is 6.86. The highest BCUT2D eigenvalue weighted by Gasteiger charge is 2.17. The fraction of sp³-hybridized carbons (Fsp3) is 0.400. The highest BCUT2D eigenvalue weighted by molar-refractivity contribution is 5.70. The van der Waals surface area contributed by atoms with E-state index >= 15 is 0 Å². The molecule has 0 spiro atoms. The molecule has 1 heterocycles. The first-order valence-electron chi connectivity index (χ1n) is 4.50. The van der Waals surface area contributed by atoms with E-state index in [1.54, 1.807) is 0 Å². The predicted octanol–water partition coefficient (Wildman–Crippen LogP) is 1.28. The number of nitrogens with zero attached hydrogens (tertiary/aromatic N) is 2. The molecule has 0 unspecified atom stereocenters. The molecule has 1 aliphatic rings. The Morgan fingerprint density at radius 3 is 3.14 bits per heavy atom. The zero-order valence-electron chi connectivity index (χ0n) is 7.64. The number of carbonyl (C=O) groups is 1. The smallest absolute Gasteiger partial charge is 0.420 e. The van der Waals surface area contributed by atoms with Crippen molar-refractivity contribution in [3.63, 3.8) is 0 Å². The molecule has 0 amide bonds. The summed E-state index contributed by atoms with van der Waals surface area (Å²) in [6.07, 6.45) is 6.39. The Labute approximate surface area is 81.9 Å². The van der Waals surface area contributed by atoms with Crippen LogP contribution in [-0.2, 0) is 4.74 Å². The maximum Gasteiger partial charge on any atom is 0.420 e. The number of aromatic nitrogens is 2. The summed E-state index contributed by atoms with van der Waals surface area (Å²) < 4.78 is 6.15. The lowest BCUT2D eigenvalue weighted by molar-refractivity contribution is 0.162. The lowest BCUT2D eigenvalue weighted by Crippen LogP contribution is -2.11. The topological polar surface area (TPSA) is 44.1 Å². The average molecular weight is 190 g/mol. The van der Waals surface area contributed by atoms with Crippen molar-refractivity contribution >= 4 is 6.09 Å². The summed E-state index contributed by atoms with van der Waals surface area (Å²) in [5.74, 6) is 6.36. The van der Waals surface area contributed by atoms with Gasteiger partial charge in [0.1, 0.15) is 6.33 Å². The second-order valence-corrected chi connectivity index (χ2v) is 3.12. The number of hydrogen-bond acceptors (Lipinski definition) is 3. The van der Waals surface area contributed by atoms with E-state index in [1.807, 2.05) is 0 Å². The Hall–Kier alpha value is -1.76. The summed E-state index contributed by atoms with van der Waals surface area (Å²) in [6.45, 7) is 0.160. The third kappa shape index (κ3) is 2.36. The minimum Gasteiger partial charge on any atom is -0.436 e. The van der Waals surface area contributed by atoms with Crippen LogP contribution in [0.5, 0.6) is 0 Å². The van der Waals surface area contributed by atoms with Crippen molar-refractivity contribution < 1.29 is 9.53 Å². The maximum absolute atomic E-state index is 11.2. The van der Waals surface area contributed by atoms with Crippen LogP contribution < -0.4 is 0 Å². The van der Waals surface area contributed by atoms with Crippen LogP contribution in [0.2, 0.25) is 0 Å². The van der Waals surface area contributed by atoms with Gasteiger partial charge in [0.15, 0.2) is 6.61 Å². The monoisotopic (exact) mass is 190 g/mol. The lowest BCUT2D eigenvalue weighted by Gasteiger charge is -1.98. The Morgan fingerprint density at radius 2 is 2.50 bits per heavy atom. The van der Waals surface area contributed by atoms with Crippen molar-refractivity contribution in [1.82, 2.24) is 9.55 Å². The minimum absolute atomic E-state index is 0.160. The molecule has 1 saturated carbocycles. The predicted molar refractivity (Wildman–Crippen MR) is 49.5 cm³/mol. The van der Waals surface area contributed by atoms with Crippen LogP contribution in [0.3, 0.4) is 0 Å². The summed E-state index contributed by atoms with van der Waals surface area (Å²) in [7, 11) is 0. The van der Waals surface area contributed by atoms with Gasteiger partial charge in [-0.1, -0.05) is 11.8 Å². The first-order valence-corrected chi connectivity index (χ1v) is 4.50. The van der Waals surface area contributed by atoms with Gasteiger partial charge in [-0.05, 0) is 12.8 Å². The van der Waals surface area contributed by atoms with Crippen LogP contribution in [0.4, 0.5) is 4.79 Å². The number of rotatable bonds is 1. The molecule has 4 nitrogen and oxygen atoms in total. The summed E-state index contributed by atoms with van der Waals surface area (Å²) in [6, 6.07) is 0. The van der Waals surface area contributed by atoms with E-state index in [2.05, 4.69) is 16.8 Å². The van der Waals surface area contributed by atoms with Crippen LogP contribution >= 0.6 is 0 Å². The molecule has 1 aromatic rings. The van der Waals surface area contributed by atoms with Crippen LogP contribution in [0.25, 0.3) is 0 Å². The second-order valence-electron chi connectivity index (χ2n) is 3.12. The van der Waals surface area contributed by atoms with Crippen LogP contribution in [0, 0.1) is 17.8 Å². The third-order valence-electron chi connectivity index (χ3n) is 1.87. The highest BCUT2D eigenvalue weighted by atomic mass is 16.5. The minimum atomic E-state index is -0.437. The fourth-order valence-corrected chi connectivity index (χ4v) is 0.953. The molecule has 1 fully saturated rings. The SMILES string of the molecule is O=C(OCC#CC1CC1)n1ccnc1. The molecule has 1 aromatic heterocycles. The van der Waals surface area contributed by atoms with Gasteiger partial charge < -0.3 is 4.74 Å². The van der Waals surface area contributed by atoms with Gasteiger partial charge in [0.2, 0.25) is 0 Å². The molecular weight excluding hydrogens is 180 g/mol. The average Bonchev–Trinajstić information content (AvgIpc) is 2.84. The maximum atomic E-state index is 11.2. The van der Waals surface area contributed by atoms with Gasteiger partial charge in [-0.15, -0.1) is 0 Å². The normalized spacial score (nSPS) is 14.3. The highest BCUT2D eigenvalue weighted by Crippen LogP contribution is 2.27. The molecule has 0 atom stereocenters. The largest absolute Gasteiger partial charge is 0.436 e. The Balaban J connectivity index is 1.76. The van der Waals surface area contributed by atoms with E-state index in [4.69, 9.17) is 4.74 Å². The molecule has 1 aliphatic carbocycles. The van der Waals surface area contributed by atoms with E-state index in [0.717, 1.165) is 0 Å². The van der Waals surface area contributed by atoms with Gasteiger partial charge in [0.05, 0.1) is 0 Å². The number of hydrogen-bond donors (Lipinski definition) is 0. The molecule has 0 aliphatic heterocycles. The summed E-state index contributed by atoms with van der Waals surface area (Å²) >= 11 is 0. The zero-order valence-corrected chi connectivity index (χ0v) is 7.64. The van der Waals surface area contributed by atoms with Gasteiger partial charge in [0.25, 0.3) is 0 Å². The van der Waals surface area contributed by atoms with Crippen molar-refractivity contribution in [2.45, 2.75) is 12.8 Å². The third-order valence-corrected chi connectivity index (χ3v) is 1.87. The number of carbonyl (C=O) groups excluding carboxylic acids is 1. The van der Waals surface area contributed by atoms with Gasteiger partial charge in [-0.25, -0.2) is 14.3 Å². The van der Waals surface area contributed by atoms with Gasteiger partial charge >= 0.3 is 6.09 Å². The molecule has 2 rings (SSSR count). The molecule has 14 heavy (non-hydrogen) atoms. The quantitative estimate of drug-likeness (QED) is 0.626. The molecular formula is C10H10N2O2. The van der Waals surface area contributed by atoms with E-state index < -0.39 is 6.09 Å². The summed E-state index contributed by atoms with van der Waals surface area (Å²) in [5.41, 5.74) is 0. The molecule has 4 heteroatoms. The summed E-state index contributed by atoms with van der Waals surface area (Å²) in [5, 5.41) is 0. The molecule has 72 valence electrons. The summed E-state index contributed by atoms with van der Waals surface area (Å²) in [4.78, 5) is 14.9. The van der Waals surface area contributed by atoms with Crippen molar-refractivity contribution in [3.05, 3.63) is 18.7 Å². The van der Waals surface area contributed by atoms with Crippen LogP contribution in [0.15, 0.2) is 18.7 Å². The van der Waals surface area contributed by atoms with E-state index in [9.17, 15) is 4.79 Å². The first kappa shape index (κ1) is 8.82. The van der Waals surface area contributed by atoms with E-state index in [1.165, 1.54) is 36.1 Å². The Bertz CT molecular complexity index is 369. The fourth-order valence-electron chi connectivity index (χ4n) is 0.953. The Morgan fingerprint density at radius 1 is 1.64 bits per heavy atom. The molecule has 0 bridgehead atoms. The molecule has 0 N–H and O–H groups in total. The van der Waals surface area contributed by atoms with Gasteiger partial charge in [0, 0.05) is 18.3 Å². The van der Waals surface area contributed by atoms with E-state index in [-0.39, 0.29) is 6.61 Å². The zero-order chi connectivity index (χ0) is 9.80. The van der Waals surface area contributed by atoms with Gasteiger partial charge in [-0.3, -0.25) is 0 Å². The van der Waals surface area contributed by atoms with Crippen molar-refractivity contribution in [2.75, 3.05) is 6.61 Å².